The van der Waals surface area contributed by atoms with Gasteiger partial charge in [-0.3, -0.25) is 4.39 Å². The molecule has 0 radical (unpaired) electrons. The van der Waals surface area contributed by atoms with Gasteiger partial charge in [0.05, 0.1) is 11.7 Å². The van der Waals surface area contributed by atoms with Gasteiger partial charge < -0.3 is 5.32 Å². The summed E-state index contributed by atoms with van der Waals surface area (Å²) in [5, 5.41) is 5.75. The van der Waals surface area contributed by atoms with Crippen LogP contribution in [0.1, 0.15) is 12.0 Å². The fraction of sp³-hybridized carbons (Fsp3) is 0.333. The zero-order chi connectivity index (χ0) is 10.7. The molecule has 0 bridgehead atoms. The molecule has 0 unspecified atom stereocenters. The van der Waals surface area contributed by atoms with Crippen LogP contribution in [-0.2, 0) is 0 Å². The number of hydrogen-bond donors (Lipinski definition) is 1. The van der Waals surface area contributed by atoms with E-state index in [1.54, 1.807) is 11.3 Å². The maximum Gasteiger partial charge on any atom is 0.0924 e. The normalized spacial score (nSPS) is 10.8. The quantitative estimate of drug-likeness (QED) is 0.773. The number of thiophene rings is 1. The Hall–Kier alpha value is -1.09. The smallest absolute Gasteiger partial charge is 0.0924 e. The van der Waals surface area contributed by atoms with E-state index in [1.807, 2.05) is 12.1 Å². The number of halogens is 1. The van der Waals surface area contributed by atoms with Gasteiger partial charge in [-0.15, -0.1) is 11.3 Å². The summed E-state index contributed by atoms with van der Waals surface area (Å²) in [6.07, 6.45) is 0.577. The van der Waals surface area contributed by atoms with Crippen molar-refractivity contribution in [3.63, 3.8) is 0 Å². The third kappa shape index (κ3) is 2.12. The second kappa shape index (κ2) is 4.62. The minimum atomic E-state index is -0.253. The second-order valence-corrected chi connectivity index (χ2v) is 4.57. The molecule has 0 saturated carbocycles. The highest BCUT2D eigenvalue weighted by Gasteiger charge is 2.06. The van der Waals surface area contributed by atoms with E-state index >= 15 is 0 Å². The number of alkyl halides is 1. The van der Waals surface area contributed by atoms with Gasteiger partial charge in [0.15, 0.2) is 0 Å². The van der Waals surface area contributed by atoms with Crippen molar-refractivity contribution in [2.75, 3.05) is 18.5 Å². The molecule has 0 aliphatic heterocycles. The molecule has 80 valence electrons. The zero-order valence-electron chi connectivity index (χ0n) is 8.72. The van der Waals surface area contributed by atoms with Crippen LogP contribution in [0.25, 0.3) is 10.1 Å². The van der Waals surface area contributed by atoms with Crippen molar-refractivity contribution in [2.45, 2.75) is 13.3 Å². The Morgan fingerprint density at radius 1 is 1.33 bits per heavy atom. The third-order valence-electron chi connectivity index (χ3n) is 2.44. The molecule has 2 rings (SSSR count). The van der Waals surface area contributed by atoms with Crippen molar-refractivity contribution >= 4 is 26.4 Å². The minimum Gasteiger partial charge on any atom is -0.377 e. The molecule has 0 amide bonds. The number of anilines is 1. The summed E-state index contributed by atoms with van der Waals surface area (Å²) in [6, 6.07) is 8.34. The van der Waals surface area contributed by atoms with Gasteiger partial charge >= 0.3 is 0 Å². The molecule has 0 atom stereocenters. The Morgan fingerprint density at radius 3 is 2.87 bits per heavy atom. The average Bonchev–Trinajstić information content (AvgIpc) is 2.57. The summed E-state index contributed by atoms with van der Waals surface area (Å²) in [5.74, 6) is 0. The van der Waals surface area contributed by atoms with Gasteiger partial charge in [-0.2, -0.15) is 0 Å². The van der Waals surface area contributed by atoms with E-state index < -0.39 is 0 Å². The van der Waals surface area contributed by atoms with E-state index in [4.69, 9.17) is 0 Å². The van der Waals surface area contributed by atoms with E-state index in [0.29, 0.717) is 13.0 Å². The number of aryl methyl sites for hydroxylation is 1. The Bertz CT molecular complexity index is 450. The van der Waals surface area contributed by atoms with Crippen molar-refractivity contribution in [3.8, 4) is 0 Å². The average molecular weight is 223 g/mol. The lowest BCUT2D eigenvalue weighted by Crippen LogP contribution is -2.01. The Morgan fingerprint density at radius 2 is 2.13 bits per heavy atom. The van der Waals surface area contributed by atoms with Gasteiger partial charge in [0.2, 0.25) is 0 Å². The van der Waals surface area contributed by atoms with Gasteiger partial charge in [0.25, 0.3) is 0 Å². The maximum absolute atomic E-state index is 12.0. The number of hydrogen-bond acceptors (Lipinski definition) is 2. The predicted octanol–water partition coefficient (Wildman–Crippen LogP) is 3.98. The van der Waals surface area contributed by atoms with Crippen LogP contribution in [0.4, 0.5) is 9.39 Å². The molecule has 1 aromatic carbocycles. The lowest BCUT2D eigenvalue weighted by atomic mass is 10.2. The highest BCUT2D eigenvalue weighted by Crippen LogP contribution is 2.34. The van der Waals surface area contributed by atoms with Gasteiger partial charge in [-0.1, -0.05) is 18.2 Å². The van der Waals surface area contributed by atoms with E-state index in [0.717, 1.165) is 0 Å². The summed E-state index contributed by atoms with van der Waals surface area (Å²) in [5.41, 5.74) is 1.27. The molecule has 1 nitrogen and oxygen atoms in total. The topological polar surface area (TPSA) is 12.0 Å². The molecule has 15 heavy (non-hydrogen) atoms. The predicted molar refractivity (Wildman–Crippen MR) is 65.6 cm³/mol. The SMILES string of the molecule is Cc1c(NCCCF)sc2ccccc12. The number of fused-ring (bicyclic) bond motifs is 1. The largest absolute Gasteiger partial charge is 0.377 e. The van der Waals surface area contributed by atoms with Gasteiger partial charge in [0.1, 0.15) is 0 Å². The van der Waals surface area contributed by atoms with Crippen molar-refractivity contribution in [1.29, 1.82) is 0 Å². The molecule has 0 fully saturated rings. The summed E-state index contributed by atoms with van der Waals surface area (Å²) in [6.45, 7) is 2.57. The lowest BCUT2D eigenvalue weighted by molar-refractivity contribution is 0.481. The Labute approximate surface area is 92.9 Å². The maximum atomic E-state index is 12.0. The molecule has 0 saturated heterocycles. The van der Waals surface area contributed by atoms with E-state index in [1.165, 1.54) is 20.7 Å². The molecule has 1 heterocycles. The standard InChI is InChI=1S/C12H14FNS/c1-9-10-5-2-3-6-11(10)15-12(9)14-8-4-7-13/h2-3,5-6,14H,4,7-8H2,1H3. The van der Waals surface area contributed by atoms with E-state index in [9.17, 15) is 4.39 Å². The summed E-state index contributed by atoms with van der Waals surface area (Å²) >= 11 is 1.74. The molecule has 0 spiro atoms. The minimum absolute atomic E-state index is 0.253. The van der Waals surface area contributed by atoms with Gasteiger partial charge in [-0.05, 0) is 30.4 Å². The van der Waals surface area contributed by atoms with Gasteiger partial charge in [0, 0.05) is 11.2 Å². The van der Waals surface area contributed by atoms with Crippen LogP contribution >= 0.6 is 11.3 Å². The zero-order valence-corrected chi connectivity index (χ0v) is 9.53. The van der Waals surface area contributed by atoms with E-state index in [-0.39, 0.29) is 6.67 Å². The first-order chi connectivity index (χ1) is 7.33. The fourth-order valence-corrected chi connectivity index (χ4v) is 2.75. The summed E-state index contributed by atoms with van der Waals surface area (Å²) in [4.78, 5) is 0. The van der Waals surface area contributed by atoms with Crippen molar-refractivity contribution in [3.05, 3.63) is 29.8 Å². The monoisotopic (exact) mass is 223 g/mol. The van der Waals surface area contributed by atoms with Crippen LogP contribution in [0.5, 0.6) is 0 Å². The number of nitrogens with one attached hydrogen (secondary N) is 1. The molecule has 0 aliphatic carbocycles. The highest BCUT2D eigenvalue weighted by molar-refractivity contribution is 7.23. The summed E-state index contributed by atoms with van der Waals surface area (Å²) < 4.78 is 13.3. The number of rotatable bonds is 4. The first-order valence-electron chi connectivity index (χ1n) is 5.11. The molecule has 2 aromatic rings. The van der Waals surface area contributed by atoms with Crippen LogP contribution in [0.3, 0.4) is 0 Å². The lowest BCUT2D eigenvalue weighted by Gasteiger charge is -2.02. The van der Waals surface area contributed by atoms with Crippen molar-refractivity contribution in [1.82, 2.24) is 0 Å². The van der Waals surface area contributed by atoms with Crippen LogP contribution < -0.4 is 5.32 Å². The first kappa shape index (κ1) is 10.4. The molecule has 1 N–H and O–H groups in total. The van der Waals surface area contributed by atoms with E-state index in [2.05, 4.69) is 24.4 Å². The first-order valence-corrected chi connectivity index (χ1v) is 5.92. The van der Waals surface area contributed by atoms with Crippen LogP contribution in [-0.4, -0.2) is 13.2 Å². The second-order valence-electron chi connectivity index (χ2n) is 3.52. The number of benzene rings is 1. The molecule has 1 aromatic heterocycles. The third-order valence-corrected chi connectivity index (χ3v) is 3.67. The Kier molecular flexibility index (Phi) is 3.21. The van der Waals surface area contributed by atoms with Crippen molar-refractivity contribution < 1.29 is 4.39 Å². The van der Waals surface area contributed by atoms with Crippen molar-refractivity contribution in [2.24, 2.45) is 0 Å². The molecule has 3 heteroatoms. The van der Waals surface area contributed by atoms with Crippen LogP contribution in [0.2, 0.25) is 0 Å². The molecular formula is C12H14FNS. The highest BCUT2D eigenvalue weighted by atomic mass is 32.1. The summed E-state index contributed by atoms with van der Waals surface area (Å²) in [7, 11) is 0. The fourth-order valence-electron chi connectivity index (χ4n) is 1.61. The molecular weight excluding hydrogens is 209 g/mol. The van der Waals surface area contributed by atoms with Gasteiger partial charge in [-0.25, -0.2) is 0 Å². The molecule has 0 aliphatic rings. The Balaban J connectivity index is 2.24. The van der Waals surface area contributed by atoms with Crippen LogP contribution in [0.15, 0.2) is 24.3 Å². The van der Waals surface area contributed by atoms with Crippen LogP contribution in [0, 0.1) is 6.92 Å².